The summed E-state index contributed by atoms with van der Waals surface area (Å²) >= 11 is 0. The summed E-state index contributed by atoms with van der Waals surface area (Å²) in [4.78, 5) is 4.74. The first-order chi connectivity index (χ1) is 12.5. The Morgan fingerprint density at radius 3 is 2.54 bits per heavy atom. The van der Waals surface area contributed by atoms with Crippen LogP contribution in [0, 0.1) is 0 Å². The van der Waals surface area contributed by atoms with Gasteiger partial charge in [-0.25, -0.2) is 8.42 Å². The molecule has 0 aliphatic carbocycles. The first-order valence-electron chi connectivity index (χ1n) is 9.73. The molecular formula is C20H29N2O2SSi. The summed E-state index contributed by atoms with van der Waals surface area (Å²) in [6.07, 6.45) is 4.69. The molecule has 3 rings (SSSR count). The van der Waals surface area contributed by atoms with Crippen molar-refractivity contribution in [2.45, 2.75) is 68.6 Å². The van der Waals surface area contributed by atoms with Crippen LogP contribution in [0.3, 0.4) is 0 Å². The second kappa shape index (κ2) is 8.19. The second-order valence-electron chi connectivity index (χ2n) is 7.11. The molecule has 1 saturated heterocycles. The lowest BCUT2D eigenvalue weighted by Gasteiger charge is -2.40. The number of nitrogens with zero attached hydrogens (tertiary/aromatic N) is 2. The fourth-order valence-electron chi connectivity index (χ4n) is 4.27. The van der Waals surface area contributed by atoms with E-state index in [2.05, 4.69) is 25.8 Å². The average molecular weight is 390 g/mol. The lowest BCUT2D eigenvalue weighted by molar-refractivity contribution is 0.244. The van der Waals surface area contributed by atoms with E-state index in [0.717, 1.165) is 18.2 Å². The lowest BCUT2D eigenvalue weighted by atomic mass is 10.0. The van der Waals surface area contributed by atoms with Gasteiger partial charge in [0.1, 0.15) is 4.90 Å². The van der Waals surface area contributed by atoms with E-state index in [0.29, 0.717) is 22.5 Å². The minimum absolute atomic E-state index is 0.104. The fraction of sp³-hybridized carbons (Fsp3) is 0.550. The van der Waals surface area contributed by atoms with E-state index in [1.165, 1.54) is 18.5 Å². The number of hydrogen-bond donors (Lipinski definition) is 0. The van der Waals surface area contributed by atoms with E-state index in [4.69, 9.17) is 0 Å². The molecule has 141 valence electrons. The van der Waals surface area contributed by atoms with Gasteiger partial charge in [0.05, 0.1) is 14.3 Å². The minimum Gasteiger partial charge on any atom is -0.255 e. The zero-order valence-electron chi connectivity index (χ0n) is 16.0. The van der Waals surface area contributed by atoms with Crippen LogP contribution in [0.1, 0.15) is 40.0 Å². The van der Waals surface area contributed by atoms with Crippen LogP contribution >= 0.6 is 0 Å². The molecule has 6 heteroatoms. The van der Waals surface area contributed by atoms with Gasteiger partial charge < -0.3 is 0 Å². The van der Waals surface area contributed by atoms with Crippen molar-refractivity contribution >= 4 is 29.7 Å². The minimum atomic E-state index is -3.55. The fourth-order valence-corrected chi connectivity index (χ4v) is 9.03. The summed E-state index contributed by atoms with van der Waals surface area (Å²) in [6.45, 7) is 7.30. The van der Waals surface area contributed by atoms with E-state index < -0.39 is 18.8 Å². The number of sulfonamides is 1. The maximum absolute atomic E-state index is 13.6. The van der Waals surface area contributed by atoms with Gasteiger partial charge >= 0.3 is 0 Å². The third-order valence-electron chi connectivity index (χ3n) is 5.80. The average Bonchev–Trinajstić information content (AvgIpc) is 2.68. The summed E-state index contributed by atoms with van der Waals surface area (Å²) in [5, 5.41) is 0.877. The summed E-state index contributed by atoms with van der Waals surface area (Å²) in [6, 6.07) is 11.8. The van der Waals surface area contributed by atoms with Gasteiger partial charge in [0.2, 0.25) is 10.0 Å². The largest absolute Gasteiger partial charge is 0.255 e. The quantitative estimate of drug-likeness (QED) is 0.673. The Bertz CT molecular complexity index is 847. The lowest BCUT2D eigenvalue weighted by Crippen LogP contribution is -2.47. The monoisotopic (exact) mass is 389 g/mol. The van der Waals surface area contributed by atoms with Gasteiger partial charge in [-0.15, -0.1) is 0 Å². The molecule has 1 aliphatic heterocycles. The maximum atomic E-state index is 13.6. The van der Waals surface area contributed by atoms with Gasteiger partial charge in [-0.1, -0.05) is 57.5 Å². The molecule has 0 saturated carbocycles. The first-order valence-corrected chi connectivity index (χ1v) is 13.2. The van der Waals surface area contributed by atoms with Crippen LogP contribution in [0.15, 0.2) is 41.4 Å². The van der Waals surface area contributed by atoms with Crippen molar-refractivity contribution in [3.05, 3.63) is 36.5 Å². The van der Waals surface area contributed by atoms with E-state index in [9.17, 15) is 8.42 Å². The predicted molar refractivity (Wildman–Crippen MR) is 109 cm³/mol. The van der Waals surface area contributed by atoms with Crippen molar-refractivity contribution in [2.75, 3.05) is 6.54 Å². The molecule has 1 aliphatic rings. The number of rotatable bonds is 6. The molecule has 2 unspecified atom stereocenters. The van der Waals surface area contributed by atoms with E-state index >= 15 is 0 Å². The van der Waals surface area contributed by atoms with Gasteiger partial charge in [-0.2, -0.15) is 4.31 Å². The standard InChI is InChI=1S/C20H29N2O2SSi/c1-4-17-12-13-18(26(5-2)6-3)15-22(17)25(23,24)19-11-7-9-16-10-8-14-21-20(16)19/h7-11,14,17-18H,4-6,12-13,15H2,1-3H3. The van der Waals surface area contributed by atoms with Gasteiger partial charge in [-0.3, -0.25) is 4.98 Å². The summed E-state index contributed by atoms with van der Waals surface area (Å²) < 4.78 is 29.0. The third-order valence-corrected chi connectivity index (χ3v) is 11.2. The van der Waals surface area contributed by atoms with Crippen LogP contribution in [0.25, 0.3) is 10.9 Å². The molecule has 1 aromatic carbocycles. The molecular weight excluding hydrogens is 360 g/mol. The molecule has 0 spiro atoms. The topological polar surface area (TPSA) is 50.3 Å². The van der Waals surface area contributed by atoms with E-state index in [-0.39, 0.29) is 6.04 Å². The molecule has 1 aromatic heterocycles. The molecule has 1 radical (unpaired) electrons. The van der Waals surface area contributed by atoms with Crippen LogP contribution in [0.2, 0.25) is 17.6 Å². The van der Waals surface area contributed by atoms with Crippen molar-refractivity contribution in [2.24, 2.45) is 0 Å². The SMILES string of the molecule is CCC1CCC([Si](CC)CC)CN1S(=O)(=O)c1cccc2cccnc12. The Morgan fingerprint density at radius 2 is 1.85 bits per heavy atom. The van der Waals surface area contributed by atoms with Crippen molar-refractivity contribution < 1.29 is 8.42 Å². The smallest absolute Gasteiger partial charge is 0.245 e. The molecule has 0 amide bonds. The van der Waals surface area contributed by atoms with Crippen LogP contribution in [0.5, 0.6) is 0 Å². The number of aromatic nitrogens is 1. The first kappa shape index (κ1) is 19.5. The second-order valence-corrected chi connectivity index (χ2v) is 12.5. The molecule has 4 nitrogen and oxygen atoms in total. The van der Waals surface area contributed by atoms with Gasteiger partial charge in [0, 0.05) is 24.2 Å². The van der Waals surface area contributed by atoms with Crippen molar-refractivity contribution in [1.82, 2.24) is 9.29 Å². The molecule has 2 aromatic rings. The number of fused-ring (bicyclic) bond motifs is 1. The van der Waals surface area contributed by atoms with Crippen molar-refractivity contribution in [1.29, 1.82) is 0 Å². The zero-order valence-corrected chi connectivity index (χ0v) is 17.8. The molecule has 0 N–H and O–H groups in total. The summed E-state index contributed by atoms with van der Waals surface area (Å²) in [5.41, 5.74) is 1.14. The van der Waals surface area contributed by atoms with Crippen molar-refractivity contribution in [3.8, 4) is 0 Å². The number of pyridine rings is 1. The normalized spacial score (nSPS) is 22.2. The number of piperidine rings is 1. The van der Waals surface area contributed by atoms with Crippen LogP contribution in [-0.4, -0.2) is 39.1 Å². The number of para-hydroxylation sites is 1. The zero-order chi connectivity index (χ0) is 18.7. The van der Waals surface area contributed by atoms with E-state index in [1.807, 2.05) is 24.3 Å². The highest BCUT2D eigenvalue weighted by molar-refractivity contribution is 7.89. The third kappa shape index (κ3) is 3.59. The highest BCUT2D eigenvalue weighted by Crippen LogP contribution is 2.36. The van der Waals surface area contributed by atoms with E-state index in [1.54, 1.807) is 16.6 Å². The van der Waals surface area contributed by atoms with Gasteiger partial charge in [0.15, 0.2) is 0 Å². The summed E-state index contributed by atoms with van der Waals surface area (Å²) in [7, 11) is -4.04. The molecule has 1 fully saturated rings. The molecule has 26 heavy (non-hydrogen) atoms. The number of benzene rings is 1. The molecule has 2 atom stereocenters. The molecule has 2 heterocycles. The molecule has 0 bridgehead atoms. The Kier molecular flexibility index (Phi) is 6.15. The highest BCUT2D eigenvalue weighted by atomic mass is 32.2. The highest BCUT2D eigenvalue weighted by Gasteiger charge is 2.39. The Morgan fingerprint density at radius 1 is 1.12 bits per heavy atom. The Hall–Kier alpha value is -1.24. The number of hydrogen-bond acceptors (Lipinski definition) is 3. The van der Waals surface area contributed by atoms with Crippen LogP contribution in [-0.2, 0) is 10.0 Å². The Balaban J connectivity index is 2.02. The van der Waals surface area contributed by atoms with Gasteiger partial charge in [-0.05, 0) is 30.5 Å². The van der Waals surface area contributed by atoms with Crippen LogP contribution < -0.4 is 0 Å². The predicted octanol–water partition coefficient (Wildman–Crippen LogP) is 4.70. The van der Waals surface area contributed by atoms with Gasteiger partial charge in [0.25, 0.3) is 0 Å². The van der Waals surface area contributed by atoms with Crippen LogP contribution in [0.4, 0.5) is 0 Å². The Labute approximate surface area is 159 Å². The summed E-state index contributed by atoms with van der Waals surface area (Å²) in [5.74, 6) is 0. The maximum Gasteiger partial charge on any atom is 0.245 e. The van der Waals surface area contributed by atoms with Crippen molar-refractivity contribution in [3.63, 3.8) is 0 Å².